The largest absolute Gasteiger partial charge is 0.497 e. The van der Waals surface area contributed by atoms with Gasteiger partial charge in [-0.2, -0.15) is 0 Å². The van der Waals surface area contributed by atoms with E-state index >= 15 is 0 Å². The van der Waals surface area contributed by atoms with Crippen LogP contribution in [0.5, 0.6) is 17.2 Å². The molecule has 2 aromatic carbocycles. The van der Waals surface area contributed by atoms with Gasteiger partial charge in [0, 0.05) is 23.1 Å². The molecule has 0 spiro atoms. The number of aliphatic hydroxyl groups is 1. The molecule has 1 atom stereocenters. The monoisotopic (exact) mass is 521 g/mol. The molecular weight excluding hydrogens is 486 g/mol. The summed E-state index contributed by atoms with van der Waals surface area (Å²) in [5.41, 5.74) is 2.52. The lowest BCUT2D eigenvalue weighted by molar-refractivity contribution is 0.0888. The molecule has 0 amide bonds. The summed E-state index contributed by atoms with van der Waals surface area (Å²) in [4.78, 5) is 12.6. The first-order chi connectivity index (χ1) is 18.5. The van der Waals surface area contributed by atoms with Crippen molar-refractivity contribution >= 4 is 11.0 Å². The molecule has 0 saturated carbocycles. The van der Waals surface area contributed by atoms with Gasteiger partial charge in [-0.3, -0.25) is 0 Å². The lowest BCUT2D eigenvalue weighted by Gasteiger charge is -2.13. The average molecular weight is 522 g/mol. The maximum Gasteiger partial charge on any atom is 0.339 e. The Kier molecular flexibility index (Phi) is 9.37. The molecule has 0 bridgehead atoms. The third-order valence-electron chi connectivity index (χ3n) is 6.39. The maximum absolute atomic E-state index is 12.6. The third kappa shape index (κ3) is 7.13. The van der Waals surface area contributed by atoms with Crippen LogP contribution in [0.15, 0.2) is 57.9 Å². The Bertz CT molecular complexity index is 1400. The molecule has 9 nitrogen and oxygen atoms in total. The van der Waals surface area contributed by atoms with Gasteiger partial charge in [0.25, 0.3) is 0 Å². The number of methoxy groups -OCH3 is 1. The van der Waals surface area contributed by atoms with Crippen molar-refractivity contribution in [3.8, 4) is 17.2 Å². The molecule has 2 aromatic heterocycles. The first-order valence-corrected chi connectivity index (χ1v) is 13.0. The topological polar surface area (TPSA) is 109 Å². The number of hydrogen-bond donors (Lipinski definition) is 1. The Morgan fingerprint density at radius 3 is 2.68 bits per heavy atom. The summed E-state index contributed by atoms with van der Waals surface area (Å²) < 4.78 is 23.9. The Morgan fingerprint density at radius 1 is 1.05 bits per heavy atom. The van der Waals surface area contributed by atoms with E-state index in [9.17, 15) is 9.90 Å². The molecule has 1 N–H and O–H groups in total. The molecule has 1 unspecified atom stereocenters. The van der Waals surface area contributed by atoms with Crippen molar-refractivity contribution in [2.24, 2.45) is 0 Å². The van der Waals surface area contributed by atoms with E-state index in [0.29, 0.717) is 28.5 Å². The van der Waals surface area contributed by atoms with Crippen molar-refractivity contribution in [1.82, 2.24) is 15.0 Å². The number of fused-ring (bicyclic) bond motifs is 1. The highest BCUT2D eigenvalue weighted by Crippen LogP contribution is 2.25. The highest BCUT2D eigenvalue weighted by Gasteiger charge is 2.14. The van der Waals surface area contributed by atoms with Crippen molar-refractivity contribution in [3.63, 3.8) is 0 Å². The van der Waals surface area contributed by atoms with E-state index in [-0.39, 0.29) is 25.4 Å². The SMILES string of the molecule is CCCCCCc1c(C)c2ccc(OCC(O)Cn3cc(COc4cccc(OC)c4)nn3)cc2oc1=O. The minimum Gasteiger partial charge on any atom is -0.497 e. The molecular formula is C29H35N3O6. The second-order valence-electron chi connectivity index (χ2n) is 9.33. The van der Waals surface area contributed by atoms with E-state index in [4.69, 9.17) is 18.6 Å². The van der Waals surface area contributed by atoms with Gasteiger partial charge in [-0.05, 0) is 49.6 Å². The van der Waals surface area contributed by atoms with Crippen LogP contribution in [-0.2, 0) is 19.6 Å². The number of hydrogen-bond acceptors (Lipinski definition) is 8. The summed E-state index contributed by atoms with van der Waals surface area (Å²) in [6.07, 6.45) is 6.04. The van der Waals surface area contributed by atoms with Gasteiger partial charge in [0.2, 0.25) is 0 Å². The van der Waals surface area contributed by atoms with Crippen LogP contribution < -0.4 is 19.8 Å². The standard InChI is InChI=1S/C29H35N3O6/c1-4-5-6-7-11-27-20(2)26-13-12-25(15-28(26)38-29(27)34)37-19-22(33)17-32-16-21(30-31-32)18-36-24-10-8-9-23(14-24)35-3/h8-10,12-16,22,33H,4-7,11,17-19H2,1-3H3. The number of aromatic nitrogens is 3. The second kappa shape index (κ2) is 13.1. The summed E-state index contributed by atoms with van der Waals surface area (Å²) in [6, 6.07) is 12.7. The number of benzene rings is 2. The molecule has 0 aliphatic carbocycles. The van der Waals surface area contributed by atoms with Gasteiger partial charge in [-0.1, -0.05) is 37.5 Å². The summed E-state index contributed by atoms with van der Waals surface area (Å²) in [5, 5.41) is 19.5. The van der Waals surface area contributed by atoms with Crippen molar-refractivity contribution in [1.29, 1.82) is 0 Å². The Labute approximate surface area is 222 Å². The van der Waals surface area contributed by atoms with Crippen molar-refractivity contribution in [2.45, 2.75) is 65.2 Å². The number of aliphatic hydroxyl groups excluding tert-OH is 1. The van der Waals surface area contributed by atoms with E-state index in [2.05, 4.69) is 17.2 Å². The first kappa shape index (κ1) is 27.2. The van der Waals surface area contributed by atoms with Crippen LogP contribution >= 0.6 is 0 Å². The van der Waals surface area contributed by atoms with Crippen LogP contribution in [0.3, 0.4) is 0 Å². The number of aryl methyl sites for hydroxylation is 1. The smallest absolute Gasteiger partial charge is 0.339 e. The maximum atomic E-state index is 12.6. The van der Waals surface area contributed by atoms with Crippen LogP contribution in [0.25, 0.3) is 11.0 Å². The molecule has 4 rings (SSSR count). The Balaban J connectivity index is 1.30. The minimum atomic E-state index is -0.821. The number of ether oxygens (including phenoxy) is 3. The molecule has 4 aromatic rings. The van der Waals surface area contributed by atoms with Gasteiger partial charge in [0.05, 0.1) is 19.9 Å². The first-order valence-electron chi connectivity index (χ1n) is 13.0. The average Bonchev–Trinajstić information content (AvgIpc) is 3.37. The minimum absolute atomic E-state index is 0.0414. The van der Waals surface area contributed by atoms with E-state index in [1.54, 1.807) is 30.1 Å². The van der Waals surface area contributed by atoms with Crippen LogP contribution in [0, 0.1) is 6.92 Å². The zero-order valence-corrected chi connectivity index (χ0v) is 22.2. The molecule has 38 heavy (non-hydrogen) atoms. The summed E-state index contributed by atoms with van der Waals surface area (Å²) in [6.45, 7) is 4.62. The van der Waals surface area contributed by atoms with Crippen LogP contribution in [0.4, 0.5) is 0 Å². The highest BCUT2D eigenvalue weighted by atomic mass is 16.5. The molecule has 0 aliphatic rings. The van der Waals surface area contributed by atoms with E-state index in [1.807, 2.05) is 37.3 Å². The van der Waals surface area contributed by atoms with Gasteiger partial charge in [0.15, 0.2) is 0 Å². The molecule has 9 heteroatoms. The van der Waals surface area contributed by atoms with E-state index in [1.165, 1.54) is 6.42 Å². The third-order valence-corrected chi connectivity index (χ3v) is 6.39. The fraction of sp³-hybridized carbons (Fsp3) is 0.414. The predicted molar refractivity (Wildman–Crippen MR) is 144 cm³/mol. The van der Waals surface area contributed by atoms with Gasteiger partial charge < -0.3 is 23.7 Å². The molecule has 2 heterocycles. The molecule has 0 saturated heterocycles. The number of nitrogens with zero attached hydrogens (tertiary/aromatic N) is 3. The number of unbranched alkanes of at least 4 members (excludes halogenated alkanes) is 3. The number of rotatable bonds is 14. The van der Waals surface area contributed by atoms with Crippen molar-refractivity contribution < 1.29 is 23.7 Å². The van der Waals surface area contributed by atoms with E-state index in [0.717, 1.165) is 42.2 Å². The molecule has 0 fully saturated rings. The Morgan fingerprint density at radius 2 is 1.87 bits per heavy atom. The van der Waals surface area contributed by atoms with Crippen molar-refractivity contribution in [2.75, 3.05) is 13.7 Å². The normalized spacial score (nSPS) is 12.0. The summed E-state index contributed by atoms with van der Waals surface area (Å²) >= 11 is 0. The quantitative estimate of drug-likeness (QED) is 0.185. The molecule has 0 radical (unpaired) electrons. The van der Waals surface area contributed by atoms with Gasteiger partial charge in [-0.15, -0.1) is 5.10 Å². The Hall–Kier alpha value is -3.85. The van der Waals surface area contributed by atoms with Crippen LogP contribution in [-0.4, -0.2) is 39.9 Å². The zero-order chi connectivity index (χ0) is 26.9. The fourth-order valence-corrected chi connectivity index (χ4v) is 4.29. The highest BCUT2D eigenvalue weighted by molar-refractivity contribution is 5.82. The predicted octanol–water partition coefficient (Wildman–Crippen LogP) is 4.84. The van der Waals surface area contributed by atoms with Crippen LogP contribution in [0.2, 0.25) is 0 Å². The zero-order valence-electron chi connectivity index (χ0n) is 22.2. The lowest BCUT2D eigenvalue weighted by atomic mass is 10.0. The van der Waals surface area contributed by atoms with Gasteiger partial charge in [0.1, 0.15) is 47.8 Å². The molecule has 202 valence electrons. The lowest BCUT2D eigenvalue weighted by Crippen LogP contribution is -2.24. The molecule has 0 aliphatic heterocycles. The summed E-state index contributed by atoms with van der Waals surface area (Å²) in [5.74, 6) is 1.89. The summed E-state index contributed by atoms with van der Waals surface area (Å²) in [7, 11) is 1.60. The fourth-order valence-electron chi connectivity index (χ4n) is 4.29. The second-order valence-corrected chi connectivity index (χ2v) is 9.33. The van der Waals surface area contributed by atoms with E-state index < -0.39 is 6.10 Å². The van der Waals surface area contributed by atoms with Gasteiger partial charge in [-0.25, -0.2) is 9.48 Å². The van der Waals surface area contributed by atoms with Gasteiger partial charge >= 0.3 is 5.63 Å². The van der Waals surface area contributed by atoms with Crippen LogP contribution in [0.1, 0.15) is 49.4 Å². The van der Waals surface area contributed by atoms with Crippen molar-refractivity contribution in [3.05, 3.63) is 75.9 Å².